The van der Waals surface area contributed by atoms with Crippen LogP contribution in [0.15, 0.2) is 24.3 Å². The van der Waals surface area contributed by atoms with Gasteiger partial charge >= 0.3 is 12.0 Å². The molecule has 1 saturated carbocycles. The number of carboxylic acids is 1. The van der Waals surface area contributed by atoms with Crippen LogP contribution in [0.4, 0.5) is 10.5 Å². The lowest BCUT2D eigenvalue weighted by Gasteiger charge is -2.14. The van der Waals surface area contributed by atoms with E-state index in [-0.39, 0.29) is 5.92 Å². The van der Waals surface area contributed by atoms with Crippen LogP contribution in [-0.2, 0) is 4.79 Å². The quantitative estimate of drug-likeness (QED) is 0.773. The Morgan fingerprint density at radius 3 is 2.25 bits per heavy atom. The van der Waals surface area contributed by atoms with Gasteiger partial charge in [-0.25, -0.2) is 9.59 Å². The predicted molar refractivity (Wildman–Crippen MR) is 76.8 cm³/mol. The van der Waals surface area contributed by atoms with Gasteiger partial charge in [0.05, 0.1) is 0 Å². The van der Waals surface area contributed by atoms with E-state index in [9.17, 15) is 9.59 Å². The van der Waals surface area contributed by atoms with Gasteiger partial charge < -0.3 is 15.7 Å². The second kappa shape index (κ2) is 5.94. The molecule has 0 heterocycles. The van der Waals surface area contributed by atoms with Gasteiger partial charge in [-0.3, -0.25) is 0 Å². The number of carbonyl (C=O) groups excluding carboxylic acids is 1. The van der Waals surface area contributed by atoms with E-state index >= 15 is 0 Å². The first-order valence-electron chi connectivity index (χ1n) is 6.87. The van der Waals surface area contributed by atoms with E-state index in [1.165, 1.54) is 5.56 Å². The molecule has 1 fully saturated rings. The van der Waals surface area contributed by atoms with Crippen molar-refractivity contribution in [2.45, 2.75) is 38.6 Å². The van der Waals surface area contributed by atoms with Crippen LogP contribution >= 0.6 is 0 Å². The number of carbonyl (C=O) groups is 2. The Labute approximate surface area is 118 Å². The summed E-state index contributed by atoms with van der Waals surface area (Å²) < 4.78 is 0. The van der Waals surface area contributed by atoms with Gasteiger partial charge in [0.15, 0.2) is 0 Å². The monoisotopic (exact) mass is 276 g/mol. The molecule has 0 saturated heterocycles. The summed E-state index contributed by atoms with van der Waals surface area (Å²) in [6, 6.07) is 6.29. The molecule has 0 aliphatic heterocycles. The van der Waals surface area contributed by atoms with Gasteiger partial charge in [0, 0.05) is 5.69 Å². The number of amides is 2. The van der Waals surface area contributed by atoms with Gasteiger partial charge in [-0.2, -0.15) is 0 Å². The molecule has 0 radical (unpaired) electrons. The van der Waals surface area contributed by atoms with E-state index in [1.807, 2.05) is 24.3 Å². The standard InChI is InChI=1S/C15H20N2O3/c1-9(2)10-5-7-12(8-6-10)16-15(20)17-13(14(18)19)11-3-4-11/h5-9,11,13H,3-4H2,1-2H3,(H,18,19)(H2,16,17,20)/t13-/m1/s1. The second-order valence-electron chi connectivity index (χ2n) is 5.53. The second-order valence-corrected chi connectivity index (χ2v) is 5.53. The molecule has 3 N–H and O–H groups in total. The highest BCUT2D eigenvalue weighted by atomic mass is 16.4. The van der Waals surface area contributed by atoms with Crippen molar-refractivity contribution >= 4 is 17.7 Å². The molecule has 5 heteroatoms. The summed E-state index contributed by atoms with van der Waals surface area (Å²) in [5, 5.41) is 14.2. The summed E-state index contributed by atoms with van der Waals surface area (Å²) in [6.45, 7) is 4.20. The first-order valence-corrected chi connectivity index (χ1v) is 6.87. The molecular formula is C15H20N2O3. The van der Waals surface area contributed by atoms with Crippen molar-refractivity contribution in [1.82, 2.24) is 5.32 Å². The molecule has 0 unspecified atom stereocenters. The van der Waals surface area contributed by atoms with Crippen LogP contribution in [0.1, 0.15) is 38.2 Å². The van der Waals surface area contributed by atoms with Gasteiger partial charge in [0.25, 0.3) is 0 Å². The molecule has 0 bridgehead atoms. The maximum absolute atomic E-state index is 11.8. The fourth-order valence-corrected chi connectivity index (χ4v) is 2.07. The van der Waals surface area contributed by atoms with Crippen molar-refractivity contribution in [2.75, 3.05) is 5.32 Å². The summed E-state index contributed by atoms with van der Waals surface area (Å²) in [4.78, 5) is 22.8. The Balaban J connectivity index is 1.91. The van der Waals surface area contributed by atoms with Crippen LogP contribution in [0.3, 0.4) is 0 Å². The lowest BCUT2D eigenvalue weighted by Crippen LogP contribution is -2.44. The SMILES string of the molecule is CC(C)c1ccc(NC(=O)N[C@@H](C(=O)O)C2CC2)cc1. The highest BCUT2D eigenvalue weighted by Crippen LogP contribution is 2.32. The summed E-state index contributed by atoms with van der Waals surface area (Å²) in [5.41, 5.74) is 1.85. The van der Waals surface area contributed by atoms with Crippen LogP contribution in [0.2, 0.25) is 0 Å². The molecule has 1 aromatic rings. The Kier molecular flexibility index (Phi) is 4.27. The molecule has 1 atom stereocenters. The fraction of sp³-hybridized carbons (Fsp3) is 0.467. The van der Waals surface area contributed by atoms with E-state index in [1.54, 1.807) is 0 Å². The predicted octanol–water partition coefficient (Wildman–Crippen LogP) is 2.79. The highest BCUT2D eigenvalue weighted by Gasteiger charge is 2.37. The van der Waals surface area contributed by atoms with Gasteiger partial charge in [-0.15, -0.1) is 0 Å². The third-order valence-corrected chi connectivity index (χ3v) is 3.48. The van der Waals surface area contributed by atoms with E-state index in [4.69, 9.17) is 5.11 Å². The molecule has 1 aliphatic carbocycles. The van der Waals surface area contributed by atoms with Gasteiger partial charge in [0.1, 0.15) is 6.04 Å². The molecule has 2 rings (SSSR count). The Morgan fingerprint density at radius 2 is 1.80 bits per heavy atom. The van der Waals surface area contributed by atoms with Crippen molar-refractivity contribution in [3.05, 3.63) is 29.8 Å². The summed E-state index contributed by atoms with van der Waals surface area (Å²) >= 11 is 0. The lowest BCUT2D eigenvalue weighted by atomic mass is 10.0. The smallest absolute Gasteiger partial charge is 0.326 e. The van der Waals surface area contributed by atoms with E-state index < -0.39 is 18.0 Å². The minimum absolute atomic E-state index is 0.0709. The number of nitrogens with one attached hydrogen (secondary N) is 2. The number of anilines is 1. The number of hydrogen-bond acceptors (Lipinski definition) is 2. The number of rotatable bonds is 5. The highest BCUT2D eigenvalue weighted by molar-refractivity contribution is 5.92. The first kappa shape index (κ1) is 14.4. The zero-order valence-corrected chi connectivity index (χ0v) is 11.7. The van der Waals surface area contributed by atoms with Crippen molar-refractivity contribution in [2.24, 2.45) is 5.92 Å². The Hall–Kier alpha value is -2.04. The molecule has 0 aromatic heterocycles. The van der Waals surface area contributed by atoms with E-state index in [2.05, 4.69) is 24.5 Å². The summed E-state index contributed by atoms with van der Waals surface area (Å²) in [6.07, 6.45) is 1.72. The topological polar surface area (TPSA) is 78.4 Å². The molecule has 1 aliphatic rings. The molecule has 1 aromatic carbocycles. The van der Waals surface area contributed by atoms with Gasteiger partial charge in [0.2, 0.25) is 0 Å². The normalized spacial score (nSPS) is 15.8. The van der Waals surface area contributed by atoms with Crippen LogP contribution in [-0.4, -0.2) is 23.1 Å². The third-order valence-electron chi connectivity index (χ3n) is 3.48. The number of benzene rings is 1. The van der Waals surface area contributed by atoms with Gasteiger partial charge in [-0.05, 0) is 42.4 Å². The minimum Gasteiger partial charge on any atom is -0.480 e. The Bertz CT molecular complexity index is 492. The van der Waals surface area contributed by atoms with Crippen molar-refractivity contribution in [3.63, 3.8) is 0 Å². The minimum atomic E-state index is -0.974. The van der Waals surface area contributed by atoms with E-state index in [0.29, 0.717) is 11.6 Å². The molecule has 5 nitrogen and oxygen atoms in total. The summed E-state index contributed by atoms with van der Waals surface area (Å²) in [7, 11) is 0. The first-order chi connectivity index (χ1) is 9.47. The van der Waals surface area contributed by atoms with Crippen molar-refractivity contribution in [3.8, 4) is 0 Å². The average Bonchev–Trinajstić information content (AvgIpc) is 3.20. The van der Waals surface area contributed by atoms with Crippen molar-refractivity contribution in [1.29, 1.82) is 0 Å². The summed E-state index contributed by atoms with van der Waals surface area (Å²) in [5.74, 6) is -0.469. The largest absolute Gasteiger partial charge is 0.480 e. The molecule has 108 valence electrons. The molecular weight excluding hydrogens is 256 g/mol. The van der Waals surface area contributed by atoms with Crippen LogP contribution < -0.4 is 10.6 Å². The van der Waals surface area contributed by atoms with Gasteiger partial charge in [-0.1, -0.05) is 26.0 Å². The zero-order chi connectivity index (χ0) is 14.7. The Morgan fingerprint density at radius 1 is 1.20 bits per heavy atom. The molecule has 0 spiro atoms. The fourth-order valence-electron chi connectivity index (χ4n) is 2.07. The van der Waals surface area contributed by atoms with E-state index in [0.717, 1.165) is 12.8 Å². The number of carboxylic acid groups (broad SMARTS) is 1. The molecule has 20 heavy (non-hydrogen) atoms. The number of urea groups is 1. The lowest BCUT2D eigenvalue weighted by molar-refractivity contribution is -0.139. The average molecular weight is 276 g/mol. The van der Waals surface area contributed by atoms with Crippen LogP contribution in [0.5, 0.6) is 0 Å². The maximum atomic E-state index is 11.8. The van der Waals surface area contributed by atoms with Crippen LogP contribution in [0.25, 0.3) is 0 Å². The third kappa shape index (κ3) is 3.73. The number of hydrogen-bond donors (Lipinski definition) is 3. The zero-order valence-electron chi connectivity index (χ0n) is 11.7. The van der Waals surface area contributed by atoms with Crippen LogP contribution in [0, 0.1) is 5.92 Å². The number of aliphatic carboxylic acids is 1. The maximum Gasteiger partial charge on any atom is 0.326 e. The molecule has 2 amide bonds. The van der Waals surface area contributed by atoms with Crippen molar-refractivity contribution < 1.29 is 14.7 Å².